The molecular formula is C40H68O6. The summed E-state index contributed by atoms with van der Waals surface area (Å²) in [7, 11) is 0. The second-order valence-corrected chi connectivity index (χ2v) is 14.8. The summed E-state index contributed by atoms with van der Waals surface area (Å²) in [5, 5.41) is 0. The molecule has 264 valence electrons. The Balaban J connectivity index is 2.38. The van der Waals surface area contributed by atoms with Gasteiger partial charge in [-0.3, -0.25) is 19.2 Å². The first-order valence-electron chi connectivity index (χ1n) is 18.8. The molecule has 1 aliphatic rings. The average molecular weight is 645 g/mol. The highest BCUT2D eigenvalue weighted by Crippen LogP contribution is 2.39. The second-order valence-electron chi connectivity index (χ2n) is 14.8. The molecule has 0 amide bonds. The Morgan fingerprint density at radius 3 is 1.02 bits per heavy atom. The van der Waals surface area contributed by atoms with Gasteiger partial charge in [0.2, 0.25) is 0 Å². The highest BCUT2D eigenvalue weighted by atomic mass is 16.5. The van der Waals surface area contributed by atoms with Crippen molar-refractivity contribution in [3.8, 4) is 0 Å². The Hall–Kier alpha value is -2.24. The summed E-state index contributed by atoms with van der Waals surface area (Å²) in [6.07, 6.45) is 27.0. The molecule has 0 unspecified atom stereocenters. The van der Waals surface area contributed by atoms with Gasteiger partial charge in [0.1, 0.15) is 0 Å². The lowest BCUT2D eigenvalue weighted by atomic mass is 9.71. The van der Waals surface area contributed by atoms with Crippen LogP contribution in [0.2, 0.25) is 0 Å². The number of ether oxygens (including phenoxy) is 2. The molecule has 0 radical (unpaired) electrons. The summed E-state index contributed by atoms with van der Waals surface area (Å²) in [6.45, 7) is 12.4. The van der Waals surface area contributed by atoms with E-state index in [-0.39, 0.29) is 36.3 Å². The molecule has 46 heavy (non-hydrogen) atoms. The minimum atomic E-state index is -0.845. The number of hydrogen-bond acceptors (Lipinski definition) is 6. The van der Waals surface area contributed by atoms with Crippen LogP contribution >= 0.6 is 0 Å². The predicted octanol–water partition coefficient (Wildman–Crippen LogP) is 10.8. The van der Waals surface area contributed by atoms with E-state index >= 15 is 0 Å². The molecule has 0 bridgehead atoms. The van der Waals surface area contributed by atoms with Crippen molar-refractivity contribution in [3.63, 3.8) is 0 Å². The first-order chi connectivity index (χ1) is 21.9. The fraction of sp³-hybridized carbons (Fsp3) is 0.800. The maximum absolute atomic E-state index is 13.2. The molecular weight excluding hydrogens is 576 g/mol. The van der Waals surface area contributed by atoms with Gasteiger partial charge in [0.15, 0.2) is 11.6 Å². The maximum atomic E-state index is 13.2. The van der Waals surface area contributed by atoms with Gasteiger partial charge in [-0.1, -0.05) is 157 Å². The van der Waals surface area contributed by atoms with Gasteiger partial charge in [0.25, 0.3) is 0 Å². The van der Waals surface area contributed by atoms with Crippen LogP contribution in [0.5, 0.6) is 0 Å². The highest BCUT2D eigenvalue weighted by molar-refractivity contribution is 6.21. The third-order valence-corrected chi connectivity index (χ3v) is 9.23. The quantitative estimate of drug-likeness (QED) is 0.0478. The van der Waals surface area contributed by atoms with Crippen LogP contribution in [0.4, 0.5) is 0 Å². The standard InChI is InChI=1S/C40H68O6/c1-7-9-11-13-15-17-19-21-23-25-27-45-37(43)31-39(3,4)33-29-36(42)34(30-35(33)41)40(5,6)32-38(44)46-28-26-24-22-20-18-16-14-12-10-8-2/h29-30H,7-28,31-32H2,1-6H3. The van der Waals surface area contributed by atoms with Gasteiger partial charge in [-0.15, -0.1) is 0 Å². The molecule has 6 nitrogen and oxygen atoms in total. The zero-order chi connectivity index (χ0) is 34.3. The third kappa shape index (κ3) is 18.2. The van der Waals surface area contributed by atoms with Crippen molar-refractivity contribution in [3.05, 3.63) is 23.3 Å². The summed E-state index contributed by atoms with van der Waals surface area (Å²) in [6, 6.07) is 0. The van der Waals surface area contributed by atoms with E-state index < -0.39 is 10.8 Å². The van der Waals surface area contributed by atoms with E-state index in [4.69, 9.17) is 9.47 Å². The summed E-state index contributed by atoms with van der Waals surface area (Å²) < 4.78 is 10.9. The van der Waals surface area contributed by atoms with Gasteiger partial charge in [-0.25, -0.2) is 0 Å². The van der Waals surface area contributed by atoms with Crippen molar-refractivity contribution in [1.82, 2.24) is 0 Å². The lowest BCUT2D eigenvalue weighted by Crippen LogP contribution is -2.32. The predicted molar refractivity (Wildman–Crippen MR) is 189 cm³/mol. The topological polar surface area (TPSA) is 86.7 Å². The smallest absolute Gasteiger partial charge is 0.306 e. The second kappa shape index (κ2) is 24.0. The molecule has 0 aromatic carbocycles. The molecule has 0 heterocycles. The van der Waals surface area contributed by atoms with Crippen molar-refractivity contribution in [2.24, 2.45) is 10.8 Å². The normalized spacial score (nSPS) is 13.9. The Morgan fingerprint density at radius 1 is 0.478 bits per heavy atom. The van der Waals surface area contributed by atoms with E-state index in [1.54, 1.807) is 27.7 Å². The minimum absolute atomic E-state index is 0.0213. The number of carbonyl (C=O) groups is 4. The molecule has 6 heteroatoms. The van der Waals surface area contributed by atoms with Gasteiger partial charge in [-0.05, 0) is 25.0 Å². The molecule has 0 aromatic heterocycles. The molecule has 0 saturated carbocycles. The zero-order valence-corrected chi connectivity index (χ0v) is 30.6. The van der Waals surface area contributed by atoms with Crippen LogP contribution in [0.1, 0.15) is 183 Å². The number of carbonyl (C=O) groups excluding carboxylic acids is 4. The average Bonchev–Trinajstić information content (AvgIpc) is 2.99. The van der Waals surface area contributed by atoms with E-state index in [1.165, 1.54) is 102 Å². The molecule has 0 N–H and O–H groups in total. The van der Waals surface area contributed by atoms with Crippen molar-refractivity contribution >= 4 is 23.5 Å². The monoisotopic (exact) mass is 645 g/mol. The molecule has 0 spiro atoms. The van der Waals surface area contributed by atoms with E-state index in [0.29, 0.717) is 24.4 Å². The Labute approximate surface area is 281 Å². The van der Waals surface area contributed by atoms with Crippen LogP contribution in [-0.4, -0.2) is 36.7 Å². The molecule has 0 aliphatic heterocycles. The molecule has 0 atom stereocenters. The van der Waals surface area contributed by atoms with Crippen LogP contribution in [0, 0.1) is 10.8 Å². The molecule has 1 aliphatic carbocycles. The Kier molecular flexibility index (Phi) is 21.8. The van der Waals surface area contributed by atoms with Gasteiger partial charge in [-0.2, -0.15) is 0 Å². The maximum Gasteiger partial charge on any atom is 0.306 e. The zero-order valence-electron chi connectivity index (χ0n) is 30.6. The number of unbranched alkanes of at least 4 members (excludes halogenated alkanes) is 18. The minimum Gasteiger partial charge on any atom is -0.466 e. The van der Waals surface area contributed by atoms with E-state index in [9.17, 15) is 19.2 Å². The molecule has 0 saturated heterocycles. The highest BCUT2D eigenvalue weighted by Gasteiger charge is 2.39. The first-order valence-corrected chi connectivity index (χ1v) is 18.8. The van der Waals surface area contributed by atoms with Crippen molar-refractivity contribution in [2.45, 2.75) is 183 Å². The number of allylic oxidation sites excluding steroid dienone is 4. The van der Waals surface area contributed by atoms with Crippen LogP contribution < -0.4 is 0 Å². The third-order valence-electron chi connectivity index (χ3n) is 9.23. The fourth-order valence-corrected chi connectivity index (χ4v) is 6.18. The van der Waals surface area contributed by atoms with Crippen molar-refractivity contribution in [1.29, 1.82) is 0 Å². The van der Waals surface area contributed by atoms with Crippen LogP contribution in [0.3, 0.4) is 0 Å². The van der Waals surface area contributed by atoms with Crippen LogP contribution in [-0.2, 0) is 28.7 Å². The molecule has 1 rings (SSSR count). The summed E-state index contributed by atoms with van der Waals surface area (Å²) in [4.78, 5) is 51.6. The number of hydrogen-bond donors (Lipinski definition) is 0. The lowest BCUT2D eigenvalue weighted by Gasteiger charge is -2.31. The van der Waals surface area contributed by atoms with Crippen LogP contribution in [0.25, 0.3) is 0 Å². The first kappa shape index (κ1) is 41.8. The summed E-state index contributed by atoms with van der Waals surface area (Å²) >= 11 is 0. The van der Waals surface area contributed by atoms with Crippen molar-refractivity contribution < 1.29 is 28.7 Å². The van der Waals surface area contributed by atoms with E-state index in [0.717, 1.165) is 38.5 Å². The number of ketones is 2. The van der Waals surface area contributed by atoms with Crippen molar-refractivity contribution in [2.75, 3.05) is 13.2 Å². The van der Waals surface area contributed by atoms with Gasteiger partial charge >= 0.3 is 11.9 Å². The lowest BCUT2D eigenvalue weighted by molar-refractivity contribution is -0.146. The van der Waals surface area contributed by atoms with Crippen LogP contribution in [0.15, 0.2) is 23.3 Å². The Morgan fingerprint density at radius 2 is 0.739 bits per heavy atom. The molecule has 0 fully saturated rings. The number of esters is 2. The number of rotatable bonds is 28. The van der Waals surface area contributed by atoms with Gasteiger partial charge < -0.3 is 9.47 Å². The largest absolute Gasteiger partial charge is 0.466 e. The van der Waals surface area contributed by atoms with E-state index in [2.05, 4.69) is 13.8 Å². The van der Waals surface area contributed by atoms with Gasteiger partial charge in [0, 0.05) is 22.0 Å². The van der Waals surface area contributed by atoms with E-state index in [1.807, 2.05) is 0 Å². The fourth-order valence-electron chi connectivity index (χ4n) is 6.18. The van der Waals surface area contributed by atoms with Gasteiger partial charge in [0.05, 0.1) is 26.1 Å². The molecule has 0 aromatic rings. The summed E-state index contributed by atoms with van der Waals surface area (Å²) in [5.74, 6) is -1.31. The summed E-state index contributed by atoms with van der Waals surface area (Å²) in [5.41, 5.74) is -1.09. The SMILES string of the molecule is CCCCCCCCCCCCOC(=O)CC(C)(C)C1=CC(=O)C(C(C)(C)CC(=O)OCCCCCCCCCCCC)=CC1=O. The Bertz CT molecular complexity index is 892.